The van der Waals surface area contributed by atoms with Gasteiger partial charge in [0.05, 0.1) is 23.2 Å². The average Bonchev–Trinajstić information content (AvgIpc) is 2.54. The van der Waals surface area contributed by atoms with Crippen molar-refractivity contribution in [3.8, 4) is 5.75 Å². The largest absolute Gasteiger partial charge is 0.462 e. The summed E-state index contributed by atoms with van der Waals surface area (Å²) in [7, 11) is 0. The summed E-state index contributed by atoms with van der Waals surface area (Å²) < 4.78 is 14.8. The Kier molecular flexibility index (Phi) is 5.28. The van der Waals surface area contributed by atoms with Gasteiger partial charge in [0.15, 0.2) is 5.75 Å². The van der Waals surface area contributed by atoms with Crippen molar-refractivity contribution < 1.29 is 28.4 Å². The van der Waals surface area contributed by atoms with Crippen molar-refractivity contribution in [1.82, 2.24) is 0 Å². The van der Waals surface area contributed by atoms with Crippen LogP contribution in [0.2, 0.25) is 0 Å². The summed E-state index contributed by atoms with van der Waals surface area (Å²) in [5.41, 5.74) is -1.18. The number of esters is 2. The van der Waals surface area contributed by atoms with Crippen molar-refractivity contribution in [2.45, 2.75) is 13.8 Å². The fourth-order valence-electron chi connectivity index (χ4n) is 1.99. The molecule has 9 nitrogen and oxygen atoms in total. The molecule has 0 unspecified atom stereocenters. The lowest BCUT2D eigenvalue weighted by atomic mass is 10.2. The number of non-ortho nitro benzene ring substituents is 1. The molecule has 0 bridgehead atoms. The Labute approximate surface area is 140 Å². The van der Waals surface area contributed by atoms with E-state index in [0.717, 1.165) is 18.2 Å². The van der Waals surface area contributed by atoms with Gasteiger partial charge >= 0.3 is 17.6 Å². The van der Waals surface area contributed by atoms with Gasteiger partial charge < -0.3 is 13.9 Å². The Bertz CT molecular complexity index is 882. The smallest absolute Gasteiger partial charge is 0.345 e. The third-order valence-electron chi connectivity index (χ3n) is 3.10. The van der Waals surface area contributed by atoms with Crippen molar-refractivity contribution in [2.75, 3.05) is 6.61 Å². The number of carbonyl (C=O) groups excluding carboxylic acids is 2. The maximum Gasteiger partial charge on any atom is 0.345 e. The van der Waals surface area contributed by atoms with E-state index in [9.17, 15) is 24.5 Å². The molecule has 0 atom stereocenters. The molecule has 1 aromatic heterocycles. The lowest BCUT2D eigenvalue weighted by Crippen LogP contribution is -2.17. The Hall–Kier alpha value is -3.49. The maximum atomic E-state index is 12.2. The Balaban J connectivity index is 2.35. The molecule has 2 aromatic rings. The van der Waals surface area contributed by atoms with Crippen LogP contribution in [0, 0.1) is 17.0 Å². The predicted octanol–water partition coefficient (Wildman–Crippen LogP) is 2.25. The fourth-order valence-corrected chi connectivity index (χ4v) is 1.99. The Morgan fingerprint density at radius 1 is 1.20 bits per heavy atom. The number of ether oxygens (including phenoxy) is 2. The Morgan fingerprint density at radius 2 is 1.84 bits per heavy atom. The third-order valence-corrected chi connectivity index (χ3v) is 3.10. The number of nitro groups is 1. The van der Waals surface area contributed by atoms with Gasteiger partial charge in [-0.25, -0.2) is 14.4 Å². The number of rotatable bonds is 5. The summed E-state index contributed by atoms with van der Waals surface area (Å²) in [5, 5.41) is 10.6. The molecular weight excluding hydrogens is 334 g/mol. The summed E-state index contributed by atoms with van der Waals surface area (Å²) in [6.07, 6.45) is 0. The molecule has 25 heavy (non-hydrogen) atoms. The standard InChI is InChI=1S/C16H13NO8/c1-3-23-16(20)14-9(2)24-13(18)8-12(14)25-15(19)10-4-6-11(7-5-10)17(21)22/h4-8H,3H2,1-2H3. The second-order valence-corrected chi connectivity index (χ2v) is 4.77. The monoisotopic (exact) mass is 347 g/mol. The van der Waals surface area contributed by atoms with Gasteiger partial charge in [-0.1, -0.05) is 0 Å². The number of benzene rings is 1. The van der Waals surface area contributed by atoms with Crippen LogP contribution in [-0.2, 0) is 4.74 Å². The number of aryl methyl sites for hydroxylation is 1. The van der Waals surface area contributed by atoms with Crippen molar-refractivity contribution in [3.63, 3.8) is 0 Å². The van der Waals surface area contributed by atoms with Gasteiger partial charge in [0.25, 0.3) is 5.69 Å². The van der Waals surface area contributed by atoms with E-state index in [2.05, 4.69) is 0 Å². The second kappa shape index (κ2) is 7.39. The molecule has 130 valence electrons. The fraction of sp³-hybridized carbons (Fsp3) is 0.188. The lowest BCUT2D eigenvalue weighted by molar-refractivity contribution is -0.384. The number of hydrogen-bond acceptors (Lipinski definition) is 8. The van der Waals surface area contributed by atoms with Crippen molar-refractivity contribution in [1.29, 1.82) is 0 Å². The van der Waals surface area contributed by atoms with Gasteiger partial charge in [0.1, 0.15) is 11.3 Å². The molecule has 0 N–H and O–H groups in total. The van der Waals surface area contributed by atoms with Gasteiger partial charge in [-0.2, -0.15) is 0 Å². The van der Waals surface area contributed by atoms with Gasteiger partial charge in [0.2, 0.25) is 0 Å². The first kappa shape index (κ1) is 17.9. The Morgan fingerprint density at radius 3 is 2.40 bits per heavy atom. The van der Waals surface area contributed by atoms with E-state index in [-0.39, 0.29) is 34.9 Å². The van der Waals surface area contributed by atoms with Gasteiger partial charge in [-0.05, 0) is 26.0 Å². The molecule has 1 heterocycles. The minimum absolute atomic E-state index is 0.00584. The molecule has 0 saturated heterocycles. The summed E-state index contributed by atoms with van der Waals surface area (Å²) in [5.74, 6) is -2.08. The third kappa shape index (κ3) is 4.08. The minimum Gasteiger partial charge on any atom is -0.462 e. The average molecular weight is 347 g/mol. The zero-order valence-electron chi connectivity index (χ0n) is 13.3. The van der Waals surface area contributed by atoms with Gasteiger partial charge in [-0.3, -0.25) is 10.1 Å². The summed E-state index contributed by atoms with van der Waals surface area (Å²) in [6.45, 7) is 3.03. The van der Waals surface area contributed by atoms with Crippen LogP contribution in [-0.4, -0.2) is 23.5 Å². The topological polar surface area (TPSA) is 126 Å². The SMILES string of the molecule is CCOC(=O)c1c(OC(=O)c2ccc([N+](=O)[O-])cc2)cc(=O)oc1C. The van der Waals surface area contributed by atoms with Crippen molar-refractivity contribution in [2.24, 2.45) is 0 Å². The van der Waals surface area contributed by atoms with Crippen LogP contribution in [0.3, 0.4) is 0 Å². The van der Waals surface area contributed by atoms with Crippen molar-refractivity contribution >= 4 is 17.6 Å². The van der Waals surface area contributed by atoms with Crippen LogP contribution in [0.4, 0.5) is 5.69 Å². The number of carbonyl (C=O) groups is 2. The van der Waals surface area contributed by atoms with Crippen LogP contribution in [0.25, 0.3) is 0 Å². The maximum absolute atomic E-state index is 12.2. The second-order valence-electron chi connectivity index (χ2n) is 4.77. The highest BCUT2D eigenvalue weighted by Crippen LogP contribution is 2.23. The highest BCUT2D eigenvalue weighted by Gasteiger charge is 2.23. The first-order chi connectivity index (χ1) is 11.8. The van der Waals surface area contributed by atoms with Crippen LogP contribution >= 0.6 is 0 Å². The van der Waals surface area contributed by atoms with Gasteiger partial charge in [0, 0.05) is 12.1 Å². The van der Waals surface area contributed by atoms with Crippen LogP contribution in [0.1, 0.15) is 33.4 Å². The van der Waals surface area contributed by atoms with E-state index < -0.39 is 22.5 Å². The van der Waals surface area contributed by atoms with Crippen LogP contribution < -0.4 is 10.4 Å². The molecule has 1 aromatic carbocycles. The van der Waals surface area contributed by atoms with Crippen LogP contribution in [0.5, 0.6) is 5.75 Å². The van der Waals surface area contributed by atoms with E-state index in [0.29, 0.717) is 0 Å². The number of nitrogens with zero attached hydrogens (tertiary/aromatic N) is 1. The van der Waals surface area contributed by atoms with E-state index in [4.69, 9.17) is 13.9 Å². The van der Waals surface area contributed by atoms with Crippen LogP contribution in [0.15, 0.2) is 39.5 Å². The normalized spacial score (nSPS) is 10.2. The zero-order chi connectivity index (χ0) is 18.6. The summed E-state index contributed by atoms with van der Waals surface area (Å²) >= 11 is 0. The highest BCUT2D eigenvalue weighted by molar-refractivity contribution is 5.96. The molecule has 0 aliphatic carbocycles. The minimum atomic E-state index is -0.898. The first-order valence-corrected chi connectivity index (χ1v) is 7.12. The molecule has 2 rings (SSSR count). The van der Waals surface area contributed by atoms with E-state index in [1.165, 1.54) is 19.1 Å². The quantitative estimate of drug-likeness (QED) is 0.458. The molecule has 0 aliphatic heterocycles. The number of nitro benzene ring substituents is 1. The van der Waals surface area contributed by atoms with E-state index in [1.54, 1.807) is 6.92 Å². The molecular formula is C16H13NO8. The van der Waals surface area contributed by atoms with E-state index >= 15 is 0 Å². The molecule has 9 heteroatoms. The zero-order valence-corrected chi connectivity index (χ0v) is 13.3. The van der Waals surface area contributed by atoms with E-state index in [1.807, 2.05) is 0 Å². The molecule has 0 amide bonds. The lowest BCUT2D eigenvalue weighted by Gasteiger charge is -2.10. The molecule has 0 spiro atoms. The molecule has 0 fully saturated rings. The first-order valence-electron chi connectivity index (χ1n) is 7.12. The summed E-state index contributed by atoms with van der Waals surface area (Å²) in [6, 6.07) is 5.51. The molecule has 0 aliphatic rings. The predicted molar refractivity (Wildman–Crippen MR) is 83.7 cm³/mol. The summed E-state index contributed by atoms with van der Waals surface area (Å²) in [4.78, 5) is 45.7. The van der Waals surface area contributed by atoms with Gasteiger partial charge in [-0.15, -0.1) is 0 Å². The highest BCUT2D eigenvalue weighted by atomic mass is 16.6. The molecule has 0 saturated carbocycles. The molecule has 0 radical (unpaired) electrons. The number of hydrogen-bond donors (Lipinski definition) is 0. The van der Waals surface area contributed by atoms with Crippen molar-refractivity contribution in [3.05, 3.63) is 67.8 Å².